The largest absolute Gasteiger partial charge is 0.497 e. The summed E-state index contributed by atoms with van der Waals surface area (Å²) in [4.78, 5) is 0. The molecule has 1 unspecified atom stereocenters. The molecule has 0 heterocycles. The predicted octanol–water partition coefficient (Wildman–Crippen LogP) is 1.99. The first-order valence-corrected chi connectivity index (χ1v) is 6.27. The van der Waals surface area contributed by atoms with Gasteiger partial charge in [0.1, 0.15) is 5.75 Å². The fourth-order valence-electron chi connectivity index (χ4n) is 1.82. The van der Waals surface area contributed by atoms with E-state index in [-0.39, 0.29) is 6.61 Å². The summed E-state index contributed by atoms with van der Waals surface area (Å²) in [6.45, 7) is 3.35. The Hall–Kier alpha value is -1.06. The molecule has 0 fully saturated rings. The zero-order valence-corrected chi connectivity index (χ0v) is 10.8. The van der Waals surface area contributed by atoms with Crippen LogP contribution in [0.4, 0.5) is 0 Å². The first kappa shape index (κ1) is 14.0. The Balaban J connectivity index is 2.29. The van der Waals surface area contributed by atoms with E-state index in [4.69, 9.17) is 9.84 Å². The summed E-state index contributed by atoms with van der Waals surface area (Å²) in [5.74, 6) is 0.897. The van der Waals surface area contributed by atoms with Gasteiger partial charge in [-0.1, -0.05) is 19.1 Å². The Morgan fingerprint density at radius 3 is 2.53 bits per heavy atom. The molecule has 0 aromatic heterocycles. The minimum absolute atomic E-state index is 0.258. The van der Waals surface area contributed by atoms with E-state index in [9.17, 15) is 0 Å². The number of benzene rings is 1. The van der Waals surface area contributed by atoms with Crippen LogP contribution < -0.4 is 10.1 Å². The summed E-state index contributed by atoms with van der Waals surface area (Å²) < 4.78 is 5.12. The fraction of sp³-hybridized carbons (Fsp3) is 0.571. The predicted molar refractivity (Wildman–Crippen MR) is 70.5 cm³/mol. The monoisotopic (exact) mass is 237 g/mol. The zero-order chi connectivity index (χ0) is 12.5. The van der Waals surface area contributed by atoms with Gasteiger partial charge < -0.3 is 15.2 Å². The van der Waals surface area contributed by atoms with Crippen LogP contribution in [0.1, 0.15) is 25.3 Å². The quantitative estimate of drug-likeness (QED) is 0.726. The van der Waals surface area contributed by atoms with E-state index in [2.05, 4.69) is 24.4 Å². The molecule has 0 bridgehead atoms. The molecule has 1 aromatic rings. The molecule has 0 saturated heterocycles. The van der Waals surface area contributed by atoms with E-state index in [1.807, 2.05) is 12.1 Å². The van der Waals surface area contributed by atoms with Crippen LogP contribution in [0.25, 0.3) is 0 Å². The molecule has 0 aliphatic heterocycles. The van der Waals surface area contributed by atoms with Crippen LogP contribution in [-0.4, -0.2) is 31.4 Å². The Kier molecular flexibility index (Phi) is 6.67. The Labute approximate surface area is 104 Å². The first-order valence-electron chi connectivity index (χ1n) is 6.27. The maximum absolute atomic E-state index is 8.89. The summed E-state index contributed by atoms with van der Waals surface area (Å²) in [6.07, 6.45) is 2.90. The molecule has 0 aliphatic carbocycles. The van der Waals surface area contributed by atoms with Crippen molar-refractivity contribution in [2.24, 2.45) is 0 Å². The highest BCUT2D eigenvalue weighted by Crippen LogP contribution is 2.11. The maximum atomic E-state index is 8.89. The molecule has 0 amide bonds. The van der Waals surface area contributed by atoms with Crippen molar-refractivity contribution < 1.29 is 9.84 Å². The van der Waals surface area contributed by atoms with Gasteiger partial charge in [-0.3, -0.25) is 0 Å². The number of nitrogens with one attached hydrogen (secondary N) is 1. The van der Waals surface area contributed by atoms with Crippen LogP contribution in [0, 0.1) is 0 Å². The van der Waals surface area contributed by atoms with Gasteiger partial charge in [-0.15, -0.1) is 0 Å². The number of methoxy groups -OCH3 is 1. The highest BCUT2D eigenvalue weighted by molar-refractivity contribution is 5.27. The van der Waals surface area contributed by atoms with E-state index in [0.29, 0.717) is 6.04 Å². The lowest BCUT2D eigenvalue weighted by molar-refractivity contribution is 0.263. The Morgan fingerprint density at radius 2 is 2.00 bits per heavy atom. The summed E-state index contributed by atoms with van der Waals surface area (Å²) in [5, 5.41) is 12.3. The van der Waals surface area contributed by atoms with Crippen molar-refractivity contribution in [2.75, 3.05) is 20.3 Å². The number of aliphatic hydroxyl groups excluding tert-OH is 1. The van der Waals surface area contributed by atoms with E-state index < -0.39 is 0 Å². The van der Waals surface area contributed by atoms with Crippen LogP contribution in [0.2, 0.25) is 0 Å². The smallest absolute Gasteiger partial charge is 0.118 e. The van der Waals surface area contributed by atoms with E-state index in [1.165, 1.54) is 5.56 Å². The molecule has 0 spiro atoms. The first-order chi connectivity index (χ1) is 8.30. The third kappa shape index (κ3) is 5.20. The number of ether oxygens (including phenoxy) is 1. The molecule has 0 radical (unpaired) electrons. The molecule has 17 heavy (non-hydrogen) atoms. The van der Waals surface area contributed by atoms with Gasteiger partial charge in [-0.05, 0) is 43.5 Å². The van der Waals surface area contributed by atoms with Crippen molar-refractivity contribution in [1.82, 2.24) is 5.32 Å². The second-order valence-electron chi connectivity index (χ2n) is 4.17. The van der Waals surface area contributed by atoms with Crippen LogP contribution in [0.15, 0.2) is 24.3 Å². The molecule has 1 aromatic carbocycles. The molecule has 2 N–H and O–H groups in total. The highest BCUT2D eigenvalue weighted by atomic mass is 16.5. The van der Waals surface area contributed by atoms with Crippen LogP contribution >= 0.6 is 0 Å². The second-order valence-corrected chi connectivity index (χ2v) is 4.17. The van der Waals surface area contributed by atoms with E-state index in [0.717, 1.165) is 31.6 Å². The topological polar surface area (TPSA) is 41.5 Å². The van der Waals surface area contributed by atoms with Crippen LogP contribution in [-0.2, 0) is 6.42 Å². The molecular formula is C14H23NO2. The van der Waals surface area contributed by atoms with E-state index in [1.54, 1.807) is 7.11 Å². The van der Waals surface area contributed by atoms with Crippen molar-refractivity contribution in [3.8, 4) is 5.75 Å². The minimum Gasteiger partial charge on any atom is -0.497 e. The van der Waals surface area contributed by atoms with Gasteiger partial charge in [0.05, 0.1) is 7.11 Å². The van der Waals surface area contributed by atoms with Gasteiger partial charge in [-0.25, -0.2) is 0 Å². The molecular weight excluding hydrogens is 214 g/mol. The van der Waals surface area contributed by atoms with Crippen LogP contribution in [0.3, 0.4) is 0 Å². The third-order valence-electron chi connectivity index (χ3n) is 2.98. The second kappa shape index (κ2) is 8.09. The molecule has 96 valence electrons. The third-order valence-corrected chi connectivity index (χ3v) is 2.98. The van der Waals surface area contributed by atoms with Gasteiger partial charge in [0.2, 0.25) is 0 Å². The van der Waals surface area contributed by atoms with Crippen molar-refractivity contribution in [1.29, 1.82) is 0 Å². The molecule has 0 saturated carbocycles. The molecule has 1 atom stereocenters. The lowest BCUT2D eigenvalue weighted by atomic mass is 10.1. The number of aliphatic hydroxyl groups is 1. The summed E-state index contributed by atoms with van der Waals surface area (Å²) in [5.41, 5.74) is 1.30. The van der Waals surface area contributed by atoms with Gasteiger partial charge in [0.15, 0.2) is 0 Å². The summed E-state index contributed by atoms with van der Waals surface area (Å²) in [7, 11) is 1.68. The van der Waals surface area contributed by atoms with Gasteiger partial charge >= 0.3 is 0 Å². The lowest BCUT2D eigenvalue weighted by Crippen LogP contribution is -2.31. The van der Waals surface area contributed by atoms with Crippen LogP contribution in [0.5, 0.6) is 5.75 Å². The zero-order valence-electron chi connectivity index (χ0n) is 10.8. The van der Waals surface area contributed by atoms with Gasteiger partial charge in [0, 0.05) is 12.6 Å². The normalized spacial score (nSPS) is 12.4. The highest BCUT2D eigenvalue weighted by Gasteiger charge is 2.03. The summed E-state index contributed by atoms with van der Waals surface area (Å²) >= 11 is 0. The molecule has 3 nitrogen and oxygen atoms in total. The number of hydrogen-bond acceptors (Lipinski definition) is 3. The number of hydrogen-bond donors (Lipinski definition) is 2. The van der Waals surface area contributed by atoms with Gasteiger partial charge in [0.25, 0.3) is 0 Å². The average Bonchev–Trinajstić information content (AvgIpc) is 2.38. The molecule has 3 heteroatoms. The SMILES string of the molecule is CCC(CCO)NCCc1ccc(OC)cc1. The Bertz CT molecular complexity index is 298. The standard InChI is InChI=1S/C14H23NO2/c1-3-13(9-11-16)15-10-8-12-4-6-14(17-2)7-5-12/h4-7,13,15-16H,3,8-11H2,1-2H3. The molecule has 0 aliphatic rings. The van der Waals surface area contributed by atoms with Gasteiger partial charge in [-0.2, -0.15) is 0 Å². The molecule has 1 rings (SSSR count). The average molecular weight is 237 g/mol. The number of rotatable bonds is 8. The minimum atomic E-state index is 0.258. The summed E-state index contributed by atoms with van der Waals surface area (Å²) in [6, 6.07) is 8.58. The lowest BCUT2D eigenvalue weighted by Gasteiger charge is -2.15. The fourth-order valence-corrected chi connectivity index (χ4v) is 1.82. The van der Waals surface area contributed by atoms with Crippen molar-refractivity contribution in [3.63, 3.8) is 0 Å². The van der Waals surface area contributed by atoms with Crippen molar-refractivity contribution in [2.45, 2.75) is 32.2 Å². The van der Waals surface area contributed by atoms with Crippen molar-refractivity contribution in [3.05, 3.63) is 29.8 Å². The maximum Gasteiger partial charge on any atom is 0.118 e. The Morgan fingerprint density at radius 1 is 1.29 bits per heavy atom. The van der Waals surface area contributed by atoms with E-state index >= 15 is 0 Å². The van der Waals surface area contributed by atoms with Crippen molar-refractivity contribution >= 4 is 0 Å².